The quantitative estimate of drug-likeness (QED) is 0.0878. The molecule has 0 amide bonds. The lowest BCUT2D eigenvalue weighted by Gasteiger charge is -2.28. The zero-order valence-electron chi connectivity index (χ0n) is 27.6. The lowest BCUT2D eigenvalue weighted by molar-refractivity contribution is -0.146. The molecule has 0 radical (unpaired) electrons. The maximum atomic E-state index is 14.7. The molecule has 264 valence electrons. The first-order valence-electron chi connectivity index (χ1n) is 16.0. The maximum absolute atomic E-state index is 14.7. The third-order valence-corrected chi connectivity index (χ3v) is 10.1. The van der Waals surface area contributed by atoms with Crippen LogP contribution < -0.4 is 20.9 Å². The third kappa shape index (κ3) is 7.29. The number of rotatable bonds is 13. The smallest absolute Gasteiger partial charge is 0.459 e. The second-order valence-corrected chi connectivity index (χ2v) is 14.3. The van der Waals surface area contributed by atoms with Crippen LogP contribution in [0.2, 0.25) is 0 Å². The summed E-state index contributed by atoms with van der Waals surface area (Å²) in [6.07, 6.45) is -2.45. The zero-order chi connectivity index (χ0) is 35.6. The SMILES string of the molecule is CC(C)[C@H](NP(=O)(OC[C@H]1O[C@@H](n2cnc3c(=O)[nH]c(N)nc32)[C@](C)(O)[C@@H]1O)Oc1cccc2ccccc12)C(=O)OCCc1ccccc1. The predicted molar refractivity (Wildman–Crippen MR) is 184 cm³/mol. The van der Waals surface area contributed by atoms with E-state index in [-0.39, 0.29) is 29.5 Å². The highest BCUT2D eigenvalue weighted by atomic mass is 31.2. The van der Waals surface area contributed by atoms with Crippen LogP contribution in [0, 0.1) is 5.92 Å². The Hall–Kier alpha value is -4.63. The number of ether oxygens (including phenoxy) is 2. The van der Waals surface area contributed by atoms with Gasteiger partial charge in [-0.1, -0.05) is 80.6 Å². The molecule has 5 aromatic rings. The van der Waals surface area contributed by atoms with Crippen molar-refractivity contribution in [1.29, 1.82) is 0 Å². The van der Waals surface area contributed by atoms with Gasteiger partial charge in [0.1, 0.15) is 29.6 Å². The fourth-order valence-electron chi connectivity index (χ4n) is 5.81. The molecule has 0 saturated carbocycles. The number of benzene rings is 3. The molecule has 1 saturated heterocycles. The number of nitrogens with two attached hydrogens (primary N) is 1. The predicted octanol–water partition coefficient (Wildman–Crippen LogP) is 3.47. The van der Waals surface area contributed by atoms with Gasteiger partial charge >= 0.3 is 13.7 Å². The van der Waals surface area contributed by atoms with E-state index < -0.39 is 61.9 Å². The first-order chi connectivity index (χ1) is 23.9. The van der Waals surface area contributed by atoms with Crippen molar-refractivity contribution in [3.8, 4) is 5.75 Å². The van der Waals surface area contributed by atoms with Crippen molar-refractivity contribution in [1.82, 2.24) is 24.6 Å². The van der Waals surface area contributed by atoms with E-state index in [4.69, 9.17) is 24.3 Å². The Labute approximate surface area is 287 Å². The molecule has 0 bridgehead atoms. The molecule has 1 aliphatic heterocycles. The largest absolute Gasteiger partial charge is 0.464 e. The fraction of sp³-hybridized carbons (Fsp3) is 0.353. The number of anilines is 1. The summed E-state index contributed by atoms with van der Waals surface area (Å²) in [5.41, 5.74) is 4.13. The van der Waals surface area contributed by atoms with Gasteiger partial charge in [0.05, 0.1) is 19.5 Å². The van der Waals surface area contributed by atoms with Crippen LogP contribution in [0.1, 0.15) is 32.6 Å². The number of aromatic amines is 1. The molecule has 0 aliphatic carbocycles. The normalized spacial score (nSPS) is 22.5. The fourth-order valence-corrected chi connectivity index (χ4v) is 7.49. The molecule has 16 heteroatoms. The highest BCUT2D eigenvalue weighted by Crippen LogP contribution is 2.49. The van der Waals surface area contributed by atoms with E-state index in [9.17, 15) is 24.4 Å². The molecule has 3 heterocycles. The number of aliphatic hydroxyl groups is 2. The standard InChI is InChI=1S/C34H39N6O9P/c1-20(2)26(31(43)46-17-16-21-10-5-4-6-11-21)39-50(45,49-24-15-9-13-22-12-7-8-14-23(22)24)47-18-25-28(41)34(3,44)32(48-25)40-19-36-27-29(40)37-33(35)38-30(27)42/h4-15,19-20,25-26,28,32,41,44H,16-18H2,1-3H3,(H,39,45)(H3,35,37,38,42)/t25-,26+,28-,32-,34-,50?/m1/s1. The van der Waals surface area contributed by atoms with E-state index >= 15 is 0 Å². The summed E-state index contributed by atoms with van der Waals surface area (Å²) in [6.45, 7) is 4.38. The van der Waals surface area contributed by atoms with Gasteiger partial charge < -0.3 is 29.9 Å². The molecule has 15 nitrogen and oxygen atoms in total. The van der Waals surface area contributed by atoms with E-state index in [2.05, 4.69) is 20.0 Å². The number of nitrogens with one attached hydrogen (secondary N) is 2. The van der Waals surface area contributed by atoms with E-state index in [1.54, 1.807) is 38.1 Å². The molecule has 6 atom stereocenters. The summed E-state index contributed by atoms with van der Waals surface area (Å²) in [5, 5.41) is 26.9. The van der Waals surface area contributed by atoms with Crippen molar-refractivity contribution in [2.45, 2.75) is 57.3 Å². The molecule has 6 N–H and O–H groups in total. The summed E-state index contributed by atoms with van der Waals surface area (Å²) < 4.78 is 39.6. The second kappa shape index (κ2) is 14.3. The van der Waals surface area contributed by atoms with Gasteiger partial charge in [-0.25, -0.2) is 9.55 Å². The van der Waals surface area contributed by atoms with Crippen LogP contribution >= 0.6 is 7.75 Å². The molecular formula is C34H39N6O9P. The minimum Gasteiger partial charge on any atom is -0.464 e. The minimum absolute atomic E-state index is 0.0162. The number of carbonyl (C=O) groups excluding carboxylic acids is 1. The highest BCUT2D eigenvalue weighted by Gasteiger charge is 2.54. The molecule has 0 spiro atoms. The third-order valence-electron chi connectivity index (χ3n) is 8.53. The Morgan fingerprint density at radius 2 is 1.86 bits per heavy atom. The average Bonchev–Trinajstić information content (AvgIpc) is 3.60. The van der Waals surface area contributed by atoms with Crippen LogP contribution in [0.15, 0.2) is 83.9 Å². The Kier molecular flexibility index (Phi) is 10.1. The van der Waals surface area contributed by atoms with Crippen molar-refractivity contribution in [2.24, 2.45) is 5.92 Å². The van der Waals surface area contributed by atoms with E-state index in [1.165, 1.54) is 17.8 Å². The number of hydrogen-bond acceptors (Lipinski definition) is 12. The van der Waals surface area contributed by atoms with Crippen molar-refractivity contribution in [2.75, 3.05) is 18.9 Å². The van der Waals surface area contributed by atoms with E-state index in [0.717, 1.165) is 10.9 Å². The van der Waals surface area contributed by atoms with Crippen molar-refractivity contribution < 1.29 is 38.1 Å². The van der Waals surface area contributed by atoms with Gasteiger partial charge in [0, 0.05) is 11.8 Å². The number of H-pyrrole nitrogens is 1. The lowest BCUT2D eigenvalue weighted by Crippen LogP contribution is -2.45. The molecule has 1 aliphatic rings. The monoisotopic (exact) mass is 706 g/mol. The zero-order valence-corrected chi connectivity index (χ0v) is 28.5. The van der Waals surface area contributed by atoms with Gasteiger partial charge in [0.25, 0.3) is 5.56 Å². The number of carbonyl (C=O) groups is 1. The Balaban J connectivity index is 1.25. The Morgan fingerprint density at radius 3 is 2.62 bits per heavy atom. The molecule has 1 fully saturated rings. The molecule has 6 rings (SSSR count). The van der Waals surface area contributed by atoms with Crippen molar-refractivity contribution in [3.05, 3.63) is 95.0 Å². The number of nitrogens with zero attached hydrogens (tertiary/aromatic N) is 3. The summed E-state index contributed by atoms with van der Waals surface area (Å²) in [5.74, 6) is -1.04. The van der Waals surface area contributed by atoms with Crippen LogP contribution in [0.5, 0.6) is 5.75 Å². The maximum Gasteiger partial charge on any atom is 0.459 e. The van der Waals surface area contributed by atoms with Crippen LogP contribution in [0.25, 0.3) is 21.9 Å². The van der Waals surface area contributed by atoms with Crippen LogP contribution in [-0.4, -0.2) is 72.8 Å². The van der Waals surface area contributed by atoms with Crippen LogP contribution in [0.4, 0.5) is 5.95 Å². The number of aliphatic hydroxyl groups excluding tert-OH is 1. The number of esters is 1. The number of fused-ring (bicyclic) bond motifs is 2. The van der Waals surface area contributed by atoms with Gasteiger partial charge in [-0.3, -0.25) is 23.7 Å². The van der Waals surface area contributed by atoms with Gasteiger partial charge in [0.2, 0.25) is 5.95 Å². The van der Waals surface area contributed by atoms with Gasteiger partial charge in [-0.15, -0.1) is 0 Å². The minimum atomic E-state index is -4.47. The number of nitrogen functional groups attached to an aromatic ring is 1. The lowest BCUT2D eigenvalue weighted by atomic mass is 9.96. The number of aromatic nitrogens is 4. The van der Waals surface area contributed by atoms with Crippen LogP contribution in [-0.2, 0) is 29.8 Å². The highest BCUT2D eigenvalue weighted by molar-refractivity contribution is 7.52. The van der Waals surface area contributed by atoms with Gasteiger partial charge in [-0.2, -0.15) is 10.1 Å². The van der Waals surface area contributed by atoms with E-state index in [0.29, 0.717) is 11.8 Å². The van der Waals surface area contributed by atoms with Crippen molar-refractivity contribution in [3.63, 3.8) is 0 Å². The van der Waals surface area contributed by atoms with E-state index in [1.807, 2.05) is 48.5 Å². The summed E-state index contributed by atoms with van der Waals surface area (Å²) in [4.78, 5) is 36.3. The molecular weight excluding hydrogens is 667 g/mol. The molecule has 2 aromatic heterocycles. The Morgan fingerprint density at radius 1 is 1.14 bits per heavy atom. The van der Waals surface area contributed by atoms with Gasteiger partial charge in [0.15, 0.2) is 17.4 Å². The first-order valence-corrected chi connectivity index (χ1v) is 17.6. The first kappa shape index (κ1) is 35.2. The summed E-state index contributed by atoms with van der Waals surface area (Å²) >= 11 is 0. The average molecular weight is 707 g/mol. The van der Waals surface area contributed by atoms with Gasteiger partial charge in [-0.05, 0) is 29.9 Å². The molecule has 1 unspecified atom stereocenters. The second-order valence-electron chi connectivity index (χ2n) is 12.6. The molecule has 3 aromatic carbocycles. The topological polar surface area (TPSA) is 213 Å². The number of imidazole rings is 1. The Bertz CT molecular complexity index is 2080. The van der Waals surface area contributed by atoms with Crippen LogP contribution in [0.3, 0.4) is 0 Å². The summed E-state index contributed by atoms with van der Waals surface area (Å²) in [7, 11) is -4.47. The number of hydrogen-bond donors (Lipinski definition) is 5. The summed E-state index contributed by atoms with van der Waals surface area (Å²) in [6, 6.07) is 20.9. The molecule has 50 heavy (non-hydrogen) atoms. The van der Waals surface area contributed by atoms with Crippen molar-refractivity contribution >= 4 is 41.6 Å².